The molecule has 5 rings (SSSR count). The van der Waals surface area contributed by atoms with Gasteiger partial charge in [-0.05, 0) is 29.7 Å². The first-order valence-corrected chi connectivity index (χ1v) is 10.7. The quantitative estimate of drug-likeness (QED) is 0.414. The van der Waals surface area contributed by atoms with Gasteiger partial charge >= 0.3 is 0 Å². The number of hydrogen-bond acceptors (Lipinski definition) is 5. The van der Waals surface area contributed by atoms with E-state index in [2.05, 4.69) is 9.97 Å². The zero-order chi connectivity index (χ0) is 24.9. The van der Waals surface area contributed by atoms with Crippen LogP contribution in [-0.4, -0.2) is 52.7 Å². The number of carbonyl (C=O) groups is 1. The van der Waals surface area contributed by atoms with Crippen LogP contribution in [0.3, 0.4) is 0 Å². The van der Waals surface area contributed by atoms with E-state index in [0.29, 0.717) is 16.6 Å². The molecule has 0 saturated heterocycles. The maximum atomic E-state index is 14.3. The summed E-state index contributed by atoms with van der Waals surface area (Å²) in [7, 11) is 1.50. The average molecular weight is 489 g/mol. The van der Waals surface area contributed by atoms with Crippen LogP contribution in [0.15, 0.2) is 30.3 Å². The highest BCUT2D eigenvalue weighted by atomic mass is 19.2. The number of nitrogens with zero attached hydrogens (tertiary/aromatic N) is 2. The second-order valence-electron chi connectivity index (χ2n) is 8.14. The zero-order valence-corrected chi connectivity index (χ0v) is 18.4. The third-order valence-corrected chi connectivity index (χ3v) is 5.99. The molecule has 1 aliphatic heterocycles. The van der Waals surface area contributed by atoms with Crippen molar-refractivity contribution < 1.29 is 36.9 Å². The lowest BCUT2D eigenvalue weighted by Crippen LogP contribution is -2.37. The molecule has 1 aliphatic rings. The van der Waals surface area contributed by atoms with E-state index in [1.807, 2.05) is 0 Å². The van der Waals surface area contributed by atoms with Gasteiger partial charge in [0.1, 0.15) is 12.3 Å². The molecule has 0 radical (unpaired) electrons. The van der Waals surface area contributed by atoms with Gasteiger partial charge in [0, 0.05) is 35.0 Å². The number of nitrogens with one attached hydrogen (secondary N) is 1. The fourth-order valence-electron chi connectivity index (χ4n) is 4.31. The molecule has 0 aliphatic carbocycles. The van der Waals surface area contributed by atoms with Crippen molar-refractivity contribution >= 4 is 27.6 Å². The van der Waals surface area contributed by atoms with E-state index in [9.17, 15) is 22.4 Å². The fourth-order valence-corrected chi connectivity index (χ4v) is 4.31. The molecule has 0 saturated carbocycles. The number of halogens is 4. The highest BCUT2D eigenvalue weighted by molar-refractivity contribution is 5.99. The molecular formula is C24H19F4N3O4. The van der Waals surface area contributed by atoms with Crippen LogP contribution >= 0.6 is 0 Å². The fraction of sp³-hybridized carbons (Fsp3) is 0.250. The highest BCUT2D eigenvalue weighted by Crippen LogP contribution is 2.39. The Bertz CT molecular complexity index is 1430. The number of aromatic amines is 1. The number of carbonyl (C=O) groups excluding carboxylic acids is 1. The molecule has 0 bridgehead atoms. The van der Waals surface area contributed by atoms with Gasteiger partial charge in [0.25, 0.3) is 5.91 Å². The minimum absolute atomic E-state index is 0.00426. The number of aromatic nitrogens is 2. The van der Waals surface area contributed by atoms with Crippen molar-refractivity contribution in [3.05, 3.63) is 70.6 Å². The number of hydrogen-bond donors (Lipinski definition) is 2. The minimum atomic E-state index is -1.10. The van der Waals surface area contributed by atoms with Crippen LogP contribution in [0.25, 0.3) is 21.7 Å². The number of aliphatic hydroxyl groups excluding tert-OH is 1. The number of benzene rings is 2. The van der Waals surface area contributed by atoms with Gasteiger partial charge in [0.05, 0.1) is 31.6 Å². The normalized spacial score (nSPS) is 15.4. The summed E-state index contributed by atoms with van der Waals surface area (Å²) in [6, 6.07) is 4.58. The zero-order valence-electron chi connectivity index (χ0n) is 18.4. The second kappa shape index (κ2) is 8.82. The van der Waals surface area contributed by atoms with Crippen molar-refractivity contribution in [3.63, 3.8) is 0 Å². The summed E-state index contributed by atoms with van der Waals surface area (Å²) < 4.78 is 66.6. The van der Waals surface area contributed by atoms with E-state index in [0.717, 1.165) is 24.3 Å². The van der Waals surface area contributed by atoms with Crippen LogP contribution in [0, 0.1) is 23.3 Å². The lowest BCUT2D eigenvalue weighted by Gasteiger charge is -2.33. The first kappa shape index (κ1) is 23.1. The van der Waals surface area contributed by atoms with Crippen molar-refractivity contribution in [1.82, 2.24) is 14.9 Å². The Hall–Kier alpha value is -3.70. The maximum Gasteiger partial charge on any atom is 0.270 e. The van der Waals surface area contributed by atoms with E-state index in [4.69, 9.17) is 14.6 Å². The molecule has 3 heterocycles. The van der Waals surface area contributed by atoms with E-state index in [1.165, 1.54) is 18.0 Å². The van der Waals surface area contributed by atoms with E-state index in [1.54, 1.807) is 0 Å². The molecule has 0 unspecified atom stereocenters. The molecule has 35 heavy (non-hydrogen) atoms. The monoisotopic (exact) mass is 489 g/mol. The summed E-state index contributed by atoms with van der Waals surface area (Å²) in [5.41, 5.74) is 1.16. The molecule has 2 N–H and O–H groups in total. The van der Waals surface area contributed by atoms with Crippen molar-refractivity contribution in [1.29, 1.82) is 0 Å². The van der Waals surface area contributed by atoms with E-state index in [-0.39, 0.29) is 54.3 Å². The molecule has 1 atom stereocenters. The Morgan fingerprint density at radius 2 is 1.80 bits per heavy atom. The molecule has 7 nitrogen and oxygen atoms in total. The van der Waals surface area contributed by atoms with Gasteiger partial charge in [-0.1, -0.05) is 0 Å². The second-order valence-corrected chi connectivity index (χ2v) is 8.14. The Labute approximate surface area is 195 Å². The first-order valence-electron chi connectivity index (χ1n) is 10.7. The number of ether oxygens (including phenoxy) is 2. The topological polar surface area (TPSA) is 87.7 Å². The predicted molar refractivity (Wildman–Crippen MR) is 117 cm³/mol. The summed E-state index contributed by atoms with van der Waals surface area (Å²) in [6.07, 6.45) is 0. The van der Waals surface area contributed by atoms with Gasteiger partial charge in [-0.25, -0.2) is 22.5 Å². The van der Waals surface area contributed by atoms with Gasteiger partial charge < -0.3 is 24.5 Å². The lowest BCUT2D eigenvalue weighted by atomic mass is 9.95. The van der Waals surface area contributed by atoms with Crippen molar-refractivity contribution in [2.75, 3.05) is 26.9 Å². The minimum Gasteiger partial charge on any atom is -0.475 e. The summed E-state index contributed by atoms with van der Waals surface area (Å²) in [5, 5.41) is 9.89. The third kappa shape index (κ3) is 3.96. The van der Waals surface area contributed by atoms with Crippen molar-refractivity contribution in [2.24, 2.45) is 0 Å². The number of H-pyrrole nitrogens is 1. The number of amides is 1. The molecular weight excluding hydrogens is 470 g/mol. The molecule has 11 heteroatoms. The summed E-state index contributed by atoms with van der Waals surface area (Å²) in [5.74, 6) is -4.78. The largest absolute Gasteiger partial charge is 0.475 e. The lowest BCUT2D eigenvalue weighted by molar-refractivity contribution is 0.0331. The Kier molecular flexibility index (Phi) is 5.81. The molecule has 1 amide bonds. The summed E-state index contributed by atoms with van der Waals surface area (Å²) in [4.78, 5) is 21.8. The van der Waals surface area contributed by atoms with Gasteiger partial charge in [-0.15, -0.1) is 0 Å². The van der Waals surface area contributed by atoms with E-state index < -0.39 is 35.2 Å². The molecule has 0 fully saturated rings. The van der Waals surface area contributed by atoms with E-state index >= 15 is 0 Å². The highest BCUT2D eigenvalue weighted by Gasteiger charge is 2.33. The van der Waals surface area contributed by atoms with Crippen LogP contribution in [0.2, 0.25) is 0 Å². The van der Waals surface area contributed by atoms with Gasteiger partial charge in [0.2, 0.25) is 5.88 Å². The standard InChI is InChI=1S/C24H19F4N3O4/c1-31(24(33)19-5-11-4-14(25)17(28)8-18(11)29-19)21-10-34-9-20-22(21)12-6-15(26)16(27)7-13(12)23(30-20)35-3-2-32/h4-8,21,29,32H,2-3,9-10H2,1H3/t21-/m0/s1. The molecule has 2 aromatic heterocycles. The SMILES string of the molecule is CN(C(=O)c1cc2cc(F)c(F)cc2[nH]1)[C@H]1COCc2nc(OCCO)c3cc(F)c(F)cc3c21. The van der Waals surface area contributed by atoms with Crippen LogP contribution in [0.5, 0.6) is 5.88 Å². The Morgan fingerprint density at radius 3 is 2.54 bits per heavy atom. The number of rotatable bonds is 5. The maximum absolute atomic E-state index is 14.3. The van der Waals surface area contributed by atoms with Gasteiger partial charge in [-0.2, -0.15) is 0 Å². The summed E-state index contributed by atoms with van der Waals surface area (Å²) in [6.45, 7) is -0.322. The van der Waals surface area contributed by atoms with Crippen LogP contribution in [0.1, 0.15) is 27.8 Å². The molecule has 2 aromatic carbocycles. The molecule has 0 spiro atoms. The molecule has 4 aromatic rings. The third-order valence-electron chi connectivity index (χ3n) is 5.99. The molecule has 182 valence electrons. The Balaban J connectivity index is 1.59. The van der Waals surface area contributed by atoms with Crippen LogP contribution in [0.4, 0.5) is 17.6 Å². The van der Waals surface area contributed by atoms with Crippen molar-refractivity contribution in [2.45, 2.75) is 12.6 Å². The van der Waals surface area contributed by atoms with Crippen LogP contribution < -0.4 is 4.74 Å². The number of likely N-dealkylation sites (N-methyl/N-ethyl adjacent to an activating group) is 1. The number of fused-ring (bicyclic) bond motifs is 4. The smallest absolute Gasteiger partial charge is 0.270 e. The number of pyridine rings is 1. The van der Waals surface area contributed by atoms with Crippen LogP contribution in [-0.2, 0) is 11.3 Å². The predicted octanol–water partition coefficient (Wildman–Crippen LogP) is 3.99. The Morgan fingerprint density at radius 1 is 1.11 bits per heavy atom. The number of aliphatic hydroxyl groups is 1. The van der Waals surface area contributed by atoms with Gasteiger partial charge in [-0.3, -0.25) is 4.79 Å². The average Bonchev–Trinajstić information content (AvgIpc) is 3.25. The van der Waals surface area contributed by atoms with Crippen molar-refractivity contribution in [3.8, 4) is 5.88 Å². The summed E-state index contributed by atoms with van der Waals surface area (Å²) >= 11 is 0. The van der Waals surface area contributed by atoms with Gasteiger partial charge in [0.15, 0.2) is 23.3 Å². The first-order chi connectivity index (χ1) is 16.8.